The molecule has 2 heterocycles. The minimum Gasteiger partial charge on any atom is -0.361 e. The molecule has 5 nitrogen and oxygen atoms in total. The number of benzene rings is 1. The van der Waals surface area contributed by atoms with E-state index in [9.17, 15) is 4.79 Å². The highest BCUT2D eigenvalue weighted by molar-refractivity contribution is 6.00. The fourth-order valence-electron chi connectivity index (χ4n) is 3.02. The lowest BCUT2D eigenvalue weighted by molar-refractivity contribution is 0.0951. The number of amides is 1. The van der Waals surface area contributed by atoms with E-state index in [1.807, 2.05) is 29.8 Å². The minimum absolute atomic E-state index is 0.0156. The molecule has 1 aromatic carbocycles. The highest BCUT2D eigenvalue weighted by atomic mass is 16.1. The predicted octanol–water partition coefficient (Wildman–Crippen LogP) is 2.50. The van der Waals surface area contributed by atoms with Crippen LogP contribution in [-0.2, 0) is 13.0 Å². The first-order valence-corrected chi connectivity index (χ1v) is 7.98. The fourth-order valence-corrected chi connectivity index (χ4v) is 3.02. The van der Waals surface area contributed by atoms with Crippen LogP contribution >= 0.6 is 0 Å². The number of rotatable bonds is 4. The van der Waals surface area contributed by atoms with Crippen LogP contribution in [0, 0.1) is 0 Å². The molecule has 2 aromatic rings. The number of fused-ring (bicyclic) bond motifs is 1. The second kappa shape index (κ2) is 5.16. The molecule has 2 N–H and O–H groups in total. The van der Waals surface area contributed by atoms with Crippen molar-refractivity contribution in [3.05, 3.63) is 47.2 Å². The van der Waals surface area contributed by atoms with Gasteiger partial charge >= 0.3 is 0 Å². The van der Waals surface area contributed by atoms with Crippen molar-refractivity contribution in [2.75, 3.05) is 5.32 Å². The van der Waals surface area contributed by atoms with Crippen LogP contribution in [0.3, 0.4) is 0 Å². The molecule has 2 aliphatic rings. The lowest BCUT2D eigenvalue weighted by atomic mass is 10.1. The summed E-state index contributed by atoms with van der Waals surface area (Å²) in [5.74, 6) is 0.880. The topological polar surface area (TPSA) is 59.0 Å². The Kier molecular flexibility index (Phi) is 3.13. The molecule has 0 unspecified atom stereocenters. The average Bonchev–Trinajstić information content (AvgIpc) is 3.14. The van der Waals surface area contributed by atoms with Crippen LogP contribution in [0.1, 0.15) is 47.4 Å². The van der Waals surface area contributed by atoms with Crippen molar-refractivity contribution in [2.45, 2.75) is 44.8 Å². The van der Waals surface area contributed by atoms with Gasteiger partial charge < -0.3 is 10.6 Å². The molecule has 0 spiro atoms. The Hall–Kier alpha value is -2.30. The molecule has 0 saturated heterocycles. The molecule has 1 aromatic heterocycles. The third-order valence-corrected chi connectivity index (χ3v) is 4.37. The Balaban J connectivity index is 1.63. The smallest absolute Gasteiger partial charge is 0.257 e. The lowest BCUT2D eigenvalue weighted by Gasteiger charge is -2.12. The normalized spacial score (nSPS) is 19.6. The molecule has 114 valence electrons. The maximum absolute atomic E-state index is 12.5. The summed E-state index contributed by atoms with van der Waals surface area (Å²) in [7, 11) is 0. The Morgan fingerprint density at radius 1 is 1.36 bits per heavy atom. The van der Waals surface area contributed by atoms with E-state index in [-0.39, 0.29) is 11.9 Å². The van der Waals surface area contributed by atoms with Gasteiger partial charge in [-0.25, -0.2) is 4.68 Å². The van der Waals surface area contributed by atoms with Gasteiger partial charge in [-0.3, -0.25) is 4.79 Å². The van der Waals surface area contributed by atoms with E-state index in [0.717, 1.165) is 42.9 Å². The van der Waals surface area contributed by atoms with E-state index < -0.39 is 0 Å². The van der Waals surface area contributed by atoms with Crippen LogP contribution in [0.2, 0.25) is 0 Å². The summed E-state index contributed by atoms with van der Waals surface area (Å²) in [6.07, 6.45) is 2.96. The van der Waals surface area contributed by atoms with Gasteiger partial charge in [-0.15, -0.1) is 0 Å². The van der Waals surface area contributed by atoms with Gasteiger partial charge in [0.15, 0.2) is 0 Å². The maximum atomic E-state index is 12.5. The second-order valence-corrected chi connectivity index (χ2v) is 6.06. The number of nitrogens with one attached hydrogen (secondary N) is 2. The number of anilines is 1. The third-order valence-electron chi connectivity index (χ3n) is 4.37. The van der Waals surface area contributed by atoms with Crippen molar-refractivity contribution in [1.82, 2.24) is 15.1 Å². The van der Waals surface area contributed by atoms with Crippen LogP contribution < -0.4 is 10.6 Å². The minimum atomic E-state index is 0.0156. The van der Waals surface area contributed by atoms with Crippen LogP contribution in [0.5, 0.6) is 0 Å². The van der Waals surface area contributed by atoms with Gasteiger partial charge in [0.25, 0.3) is 5.91 Å². The van der Waals surface area contributed by atoms with Crippen molar-refractivity contribution in [2.24, 2.45) is 0 Å². The Bertz CT molecular complexity index is 703. The predicted molar refractivity (Wildman–Crippen MR) is 84.9 cm³/mol. The van der Waals surface area contributed by atoms with Crippen LogP contribution in [0.4, 0.5) is 5.82 Å². The van der Waals surface area contributed by atoms with E-state index >= 15 is 0 Å². The van der Waals surface area contributed by atoms with Gasteiger partial charge in [0.05, 0.1) is 18.3 Å². The molecule has 0 bridgehead atoms. The zero-order valence-electron chi connectivity index (χ0n) is 12.7. The average molecular weight is 296 g/mol. The Labute approximate surface area is 129 Å². The molecule has 1 saturated carbocycles. The van der Waals surface area contributed by atoms with Crippen LogP contribution in [-0.4, -0.2) is 21.7 Å². The summed E-state index contributed by atoms with van der Waals surface area (Å²) in [5.41, 5.74) is 2.83. The van der Waals surface area contributed by atoms with Gasteiger partial charge in [0.2, 0.25) is 0 Å². The summed E-state index contributed by atoms with van der Waals surface area (Å²) in [6.45, 7) is 2.81. The summed E-state index contributed by atoms with van der Waals surface area (Å²) < 4.78 is 1.94. The van der Waals surface area contributed by atoms with Crippen LogP contribution in [0.25, 0.3) is 0 Å². The number of carbonyl (C=O) groups is 1. The third kappa shape index (κ3) is 2.26. The van der Waals surface area contributed by atoms with E-state index in [2.05, 4.69) is 27.9 Å². The summed E-state index contributed by atoms with van der Waals surface area (Å²) in [5, 5.41) is 11.2. The van der Waals surface area contributed by atoms with Gasteiger partial charge in [-0.1, -0.05) is 37.3 Å². The molecule has 1 amide bonds. The first-order valence-electron chi connectivity index (χ1n) is 7.98. The van der Waals surface area contributed by atoms with Crippen molar-refractivity contribution in [1.29, 1.82) is 0 Å². The molecular weight excluding hydrogens is 276 g/mol. The van der Waals surface area contributed by atoms with E-state index in [1.165, 1.54) is 5.56 Å². The van der Waals surface area contributed by atoms with Crippen LogP contribution in [0.15, 0.2) is 30.3 Å². The SMILES string of the molecule is CCc1nn2c(c1C(=O)NC1CC1)N[C@H](c1ccccc1)C2. The number of hydrogen-bond acceptors (Lipinski definition) is 3. The molecule has 0 radical (unpaired) electrons. The molecular formula is C17H20N4O. The van der Waals surface area contributed by atoms with Gasteiger partial charge in [0.1, 0.15) is 11.4 Å². The second-order valence-electron chi connectivity index (χ2n) is 6.06. The number of carbonyl (C=O) groups excluding carboxylic acids is 1. The van der Waals surface area contributed by atoms with Crippen molar-refractivity contribution in [3.63, 3.8) is 0 Å². The highest BCUT2D eigenvalue weighted by Crippen LogP contribution is 2.33. The largest absolute Gasteiger partial charge is 0.361 e. The van der Waals surface area contributed by atoms with Crippen molar-refractivity contribution in [3.8, 4) is 0 Å². The van der Waals surface area contributed by atoms with Gasteiger partial charge in [-0.2, -0.15) is 5.10 Å². The maximum Gasteiger partial charge on any atom is 0.257 e. The van der Waals surface area contributed by atoms with E-state index in [1.54, 1.807) is 0 Å². The number of hydrogen-bond donors (Lipinski definition) is 2. The summed E-state index contributed by atoms with van der Waals surface area (Å²) in [4.78, 5) is 12.5. The molecule has 1 atom stereocenters. The molecule has 1 aliphatic heterocycles. The number of aryl methyl sites for hydroxylation is 1. The Morgan fingerprint density at radius 2 is 2.14 bits per heavy atom. The summed E-state index contributed by atoms with van der Waals surface area (Å²) >= 11 is 0. The zero-order valence-corrected chi connectivity index (χ0v) is 12.7. The van der Waals surface area contributed by atoms with E-state index in [4.69, 9.17) is 0 Å². The molecule has 4 rings (SSSR count). The molecule has 22 heavy (non-hydrogen) atoms. The van der Waals surface area contributed by atoms with Crippen molar-refractivity contribution >= 4 is 11.7 Å². The first kappa shape index (κ1) is 13.4. The van der Waals surface area contributed by atoms with E-state index in [0.29, 0.717) is 6.04 Å². The van der Waals surface area contributed by atoms with Gasteiger partial charge in [0, 0.05) is 6.04 Å². The zero-order chi connectivity index (χ0) is 15.1. The molecule has 1 aliphatic carbocycles. The van der Waals surface area contributed by atoms with Crippen molar-refractivity contribution < 1.29 is 4.79 Å². The number of aromatic nitrogens is 2. The monoisotopic (exact) mass is 296 g/mol. The summed E-state index contributed by atoms with van der Waals surface area (Å²) in [6, 6.07) is 10.8. The first-order chi connectivity index (χ1) is 10.8. The lowest BCUT2D eigenvalue weighted by Crippen LogP contribution is -2.26. The molecule has 5 heteroatoms. The quantitative estimate of drug-likeness (QED) is 0.911. The Morgan fingerprint density at radius 3 is 2.82 bits per heavy atom. The fraction of sp³-hybridized carbons (Fsp3) is 0.412. The van der Waals surface area contributed by atoms with Gasteiger partial charge in [-0.05, 0) is 24.8 Å². The molecule has 1 fully saturated rings. The standard InChI is InChI=1S/C17H20N4O/c1-2-13-15(17(22)18-12-8-9-12)16-19-14(10-21(16)20-13)11-6-4-3-5-7-11/h3-7,12,14,19H,2,8-10H2,1H3,(H,18,22)/t14-/m0/s1. The number of nitrogens with zero attached hydrogens (tertiary/aromatic N) is 2. The highest BCUT2D eigenvalue weighted by Gasteiger charge is 2.33.